The predicted octanol–water partition coefficient (Wildman–Crippen LogP) is 3.32. The lowest BCUT2D eigenvalue weighted by molar-refractivity contribution is -0.115. The van der Waals surface area contributed by atoms with Crippen LogP contribution in [0.15, 0.2) is 53.4 Å². The van der Waals surface area contributed by atoms with E-state index in [1.165, 1.54) is 0 Å². The number of anilines is 1. The maximum Gasteiger partial charge on any atom is 0.335 e. The molecular weight excluding hydrogens is 340 g/mol. The van der Waals surface area contributed by atoms with Gasteiger partial charge in [-0.1, -0.05) is 24.3 Å². The minimum Gasteiger partial charge on any atom is -0.478 e. The molecule has 2 amide bonds. The number of thioether (sulfide) groups is 1. The fourth-order valence-electron chi connectivity index (χ4n) is 2.29. The number of amides is 2. The van der Waals surface area contributed by atoms with E-state index in [-0.39, 0.29) is 16.7 Å². The highest BCUT2D eigenvalue weighted by Crippen LogP contribution is 2.25. The highest BCUT2D eigenvalue weighted by Gasteiger charge is 2.24. The Balaban J connectivity index is 1.64. The Hall–Kier alpha value is -3.06. The van der Waals surface area contributed by atoms with Crippen molar-refractivity contribution >= 4 is 40.6 Å². The number of carboxylic acid groups (broad SMARTS) is 1. The number of hydrogen-bond acceptors (Lipinski definition) is 5. The van der Waals surface area contributed by atoms with Gasteiger partial charge in [-0.3, -0.25) is 14.9 Å². The number of rotatable bonds is 5. The van der Waals surface area contributed by atoms with E-state index in [4.69, 9.17) is 5.11 Å². The van der Waals surface area contributed by atoms with Crippen molar-refractivity contribution in [2.45, 2.75) is 6.54 Å². The zero-order valence-corrected chi connectivity index (χ0v) is 13.8. The molecule has 0 bridgehead atoms. The van der Waals surface area contributed by atoms with Crippen LogP contribution in [-0.4, -0.2) is 22.2 Å². The number of carboxylic acids is 1. The third-order valence-corrected chi connectivity index (χ3v) is 4.33. The summed E-state index contributed by atoms with van der Waals surface area (Å²) < 4.78 is 0. The molecule has 3 N–H and O–H groups in total. The van der Waals surface area contributed by atoms with Gasteiger partial charge in [0.05, 0.1) is 10.5 Å². The number of carbonyl (C=O) groups is 3. The van der Waals surface area contributed by atoms with E-state index >= 15 is 0 Å². The summed E-state index contributed by atoms with van der Waals surface area (Å²) in [5.74, 6) is -1.33. The summed E-state index contributed by atoms with van der Waals surface area (Å²) in [5, 5.41) is 14.1. The molecule has 6 nitrogen and oxygen atoms in total. The van der Waals surface area contributed by atoms with E-state index in [1.54, 1.807) is 24.3 Å². The predicted molar refractivity (Wildman–Crippen MR) is 96.3 cm³/mol. The minimum atomic E-state index is -0.952. The fraction of sp³-hybridized carbons (Fsp3) is 0.0556. The molecule has 126 valence electrons. The summed E-state index contributed by atoms with van der Waals surface area (Å²) in [6, 6.07) is 14.1. The molecule has 1 aliphatic rings. The molecule has 3 rings (SSSR count). The molecule has 0 saturated carbocycles. The van der Waals surface area contributed by atoms with E-state index in [0.29, 0.717) is 11.4 Å². The fourth-order valence-corrected chi connectivity index (χ4v) is 2.97. The zero-order valence-electron chi connectivity index (χ0n) is 13.0. The first-order chi connectivity index (χ1) is 12.0. The molecule has 0 aliphatic carbocycles. The quantitative estimate of drug-likeness (QED) is 0.713. The van der Waals surface area contributed by atoms with Crippen LogP contribution >= 0.6 is 11.8 Å². The minimum absolute atomic E-state index is 0.253. The van der Waals surface area contributed by atoms with Crippen LogP contribution in [0.3, 0.4) is 0 Å². The normalized spacial score (nSPS) is 15.3. The molecule has 0 unspecified atom stereocenters. The summed E-state index contributed by atoms with van der Waals surface area (Å²) >= 11 is 0.882. The third-order valence-electron chi connectivity index (χ3n) is 3.52. The lowest BCUT2D eigenvalue weighted by atomic mass is 10.1. The third kappa shape index (κ3) is 4.27. The van der Waals surface area contributed by atoms with Gasteiger partial charge in [-0.2, -0.15) is 0 Å². The second-order valence-electron chi connectivity index (χ2n) is 5.33. The average Bonchev–Trinajstić information content (AvgIpc) is 2.92. The monoisotopic (exact) mass is 354 g/mol. The number of aromatic carboxylic acids is 1. The SMILES string of the molecule is O=C1NC(=O)/C(=C/c2ccc(NCc3cccc(C(=O)O)c3)cc2)S1. The molecule has 7 heteroatoms. The first-order valence-electron chi connectivity index (χ1n) is 7.42. The van der Waals surface area contributed by atoms with Crippen LogP contribution in [0.25, 0.3) is 6.08 Å². The molecule has 1 fully saturated rings. The molecule has 1 aliphatic heterocycles. The molecule has 25 heavy (non-hydrogen) atoms. The summed E-state index contributed by atoms with van der Waals surface area (Å²) in [7, 11) is 0. The van der Waals surface area contributed by atoms with Gasteiger partial charge < -0.3 is 10.4 Å². The number of hydrogen-bond donors (Lipinski definition) is 3. The van der Waals surface area contributed by atoms with E-state index < -0.39 is 5.97 Å². The molecule has 0 atom stereocenters. The van der Waals surface area contributed by atoms with Gasteiger partial charge in [0, 0.05) is 12.2 Å². The van der Waals surface area contributed by atoms with Crippen molar-refractivity contribution in [3.05, 3.63) is 70.1 Å². The average molecular weight is 354 g/mol. The second kappa shape index (κ2) is 7.23. The lowest BCUT2D eigenvalue weighted by Crippen LogP contribution is -2.17. The second-order valence-corrected chi connectivity index (χ2v) is 6.35. The van der Waals surface area contributed by atoms with Crippen molar-refractivity contribution in [3.8, 4) is 0 Å². The van der Waals surface area contributed by atoms with Crippen LogP contribution in [0, 0.1) is 0 Å². The summed E-state index contributed by atoms with van der Waals surface area (Å²) in [6.07, 6.45) is 1.66. The summed E-state index contributed by atoms with van der Waals surface area (Å²) in [6.45, 7) is 0.494. The number of carbonyl (C=O) groups excluding carboxylic acids is 2. The van der Waals surface area contributed by atoms with Crippen molar-refractivity contribution < 1.29 is 19.5 Å². The standard InChI is InChI=1S/C18H14N2O4S/c21-16-15(25-18(24)20-16)9-11-4-6-14(7-5-11)19-10-12-2-1-3-13(8-12)17(22)23/h1-9,19H,10H2,(H,22,23)(H,20,21,24)/b15-9-. The topological polar surface area (TPSA) is 95.5 Å². The van der Waals surface area contributed by atoms with Gasteiger partial charge in [-0.25, -0.2) is 4.79 Å². The summed E-state index contributed by atoms with van der Waals surface area (Å²) in [5.41, 5.74) is 2.79. The van der Waals surface area contributed by atoms with Crippen molar-refractivity contribution in [2.24, 2.45) is 0 Å². The first kappa shape index (κ1) is 16.8. The van der Waals surface area contributed by atoms with Crippen molar-refractivity contribution in [3.63, 3.8) is 0 Å². The Bertz CT molecular complexity index is 875. The first-order valence-corrected chi connectivity index (χ1v) is 8.24. The van der Waals surface area contributed by atoms with E-state index in [2.05, 4.69) is 10.6 Å². The molecule has 2 aromatic rings. The van der Waals surface area contributed by atoms with Gasteiger partial charge in [-0.05, 0) is 53.2 Å². The van der Waals surface area contributed by atoms with Gasteiger partial charge in [0.25, 0.3) is 11.1 Å². The van der Waals surface area contributed by atoms with Gasteiger partial charge in [0.2, 0.25) is 0 Å². The van der Waals surface area contributed by atoms with Crippen molar-refractivity contribution in [1.82, 2.24) is 5.32 Å². The number of nitrogens with one attached hydrogen (secondary N) is 2. The molecule has 0 radical (unpaired) electrons. The molecule has 1 saturated heterocycles. The number of imide groups is 1. The molecular formula is C18H14N2O4S. The maximum atomic E-state index is 11.5. The van der Waals surface area contributed by atoms with Crippen LogP contribution in [0.1, 0.15) is 21.5 Å². The lowest BCUT2D eigenvalue weighted by Gasteiger charge is -2.07. The van der Waals surface area contributed by atoms with Crippen LogP contribution in [0.2, 0.25) is 0 Å². The highest BCUT2D eigenvalue weighted by molar-refractivity contribution is 8.18. The Morgan fingerprint density at radius 3 is 2.56 bits per heavy atom. The Morgan fingerprint density at radius 2 is 1.92 bits per heavy atom. The summed E-state index contributed by atoms with van der Waals surface area (Å²) in [4.78, 5) is 34.0. The Morgan fingerprint density at radius 1 is 1.16 bits per heavy atom. The van der Waals surface area contributed by atoms with E-state index in [0.717, 1.165) is 28.6 Å². The van der Waals surface area contributed by atoms with Crippen LogP contribution in [-0.2, 0) is 11.3 Å². The van der Waals surface area contributed by atoms with E-state index in [1.807, 2.05) is 30.3 Å². The van der Waals surface area contributed by atoms with Crippen LogP contribution in [0.4, 0.5) is 10.5 Å². The Labute approximate surface area is 147 Å². The largest absolute Gasteiger partial charge is 0.478 e. The number of benzene rings is 2. The van der Waals surface area contributed by atoms with Crippen LogP contribution < -0.4 is 10.6 Å². The van der Waals surface area contributed by atoms with Gasteiger partial charge >= 0.3 is 5.97 Å². The molecule has 1 heterocycles. The smallest absolute Gasteiger partial charge is 0.335 e. The zero-order chi connectivity index (χ0) is 17.8. The van der Waals surface area contributed by atoms with E-state index in [9.17, 15) is 14.4 Å². The van der Waals surface area contributed by atoms with Crippen molar-refractivity contribution in [2.75, 3.05) is 5.32 Å². The molecule has 0 aromatic heterocycles. The Kier molecular flexibility index (Phi) is 4.85. The van der Waals surface area contributed by atoms with Gasteiger partial charge in [-0.15, -0.1) is 0 Å². The highest BCUT2D eigenvalue weighted by atomic mass is 32.2. The maximum absolute atomic E-state index is 11.5. The van der Waals surface area contributed by atoms with Crippen molar-refractivity contribution in [1.29, 1.82) is 0 Å². The van der Waals surface area contributed by atoms with Crippen LogP contribution in [0.5, 0.6) is 0 Å². The van der Waals surface area contributed by atoms with Gasteiger partial charge in [0.1, 0.15) is 0 Å². The molecule has 2 aromatic carbocycles. The van der Waals surface area contributed by atoms with Gasteiger partial charge in [0.15, 0.2) is 0 Å². The molecule has 0 spiro atoms.